The number of halogens is 2. The predicted molar refractivity (Wildman–Crippen MR) is 88.7 cm³/mol. The van der Waals surface area contributed by atoms with Gasteiger partial charge in [0.25, 0.3) is 0 Å². The summed E-state index contributed by atoms with van der Waals surface area (Å²) in [4.78, 5) is 13.0. The molecule has 8 heteroatoms. The minimum Gasteiger partial charge on any atom is -0.338 e. The fraction of sp³-hybridized carbons (Fsp3) is 0.200. The predicted octanol–water partition coefficient (Wildman–Crippen LogP) is 3.99. The summed E-state index contributed by atoms with van der Waals surface area (Å²) in [5.41, 5.74) is 0.790. The third kappa shape index (κ3) is 3.13. The number of hydrogen-bond acceptors (Lipinski definition) is 5. The van der Waals surface area contributed by atoms with E-state index in [0.717, 1.165) is 17.3 Å². The van der Waals surface area contributed by atoms with Gasteiger partial charge in [0.2, 0.25) is 0 Å². The Morgan fingerprint density at radius 1 is 1.17 bits per heavy atom. The summed E-state index contributed by atoms with van der Waals surface area (Å²) in [7, 11) is 0. The molecule has 1 aliphatic carbocycles. The van der Waals surface area contributed by atoms with Gasteiger partial charge in [0.1, 0.15) is 11.6 Å². The van der Waals surface area contributed by atoms with E-state index in [9.17, 15) is 0 Å². The number of anilines is 2. The van der Waals surface area contributed by atoms with Crippen LogP contribution in [0.2, 0.25) is 10.0 Å². The van der Waals surface area contributed by atoms with Crippen molar-refractivity contribution in [2.75, 3.05) is 5.32 Å². The fourth-order valence-electron chi connectivity index (χ4n) is 2.21. The normalized spacial score (nSPS) is 14.0. The summed E-state index contributed by atoms with van der Waals surface area (Å²) in [6.07, 6.45) is 9.12. The van der Waals surface area contributed by atoms with Crippen LogP contribution in [0.25, 0.3) is 5.82 Å². The van der Waals surface area contributed by atoms with E-state index in [1.807, 2.05) is 6.07 Å². The van der Waals surface area contributed by atoms with Crippen LogP contribution in [-0.4, -0.2) is 24.7 Å². The Bertz CT molecular complexity index is 859. The van der Waals surface area contributed by atoms with Gasteiger partial charge in [-0.3, -0.25) is 0 Å². The Labute approximate surface area is 142 Å². The molecule has 0 radical (unpaired) electrons. The number of nitrogens with one attached hydrogen (secondary N) is 1. The largest absolute Gasteiger partial charge is 0.338 e. The molecule has 1 fully saturated rings. The fourth-order valence-corrected chi connectivity index (χ4v) is 2.68. The average Bonchev–Trinajstić information content (AvgIpc) is 3.29. The van der Waals surface area contributed by atoms with Gasteiger partial charge in [-0.25, -0.2) is 19.6 Å². The first-order chi connectivity index (χ1) is 11.2. The lowest BCUT2D eigenvalue weighted by molar-refractivity contribution is 0.847. The van der Waals surface area contributed by atoms with E-state index in [2.05, 4.69) is 25.4 Å². The van der Waals surface area contributed by atoms with Crippen molar-refractivity contribution in [1.29, 1.82) is 0 Å². The number of rotatable bonds is 4. The summed E-state index contributed by atoms with van der Waals surface area (Å²) in [6, 6.07) is 3.46. The van der Waals surface area contributed by atoms with Gasteiger partial charge in [0, 0.05) is 18.3 Å². The van der Waals surface area contributed by atoms with Crippen LogP contribution < -0.4 is 5.32 Å². The molecule has 0 atom stereocenters. The Balaban J connectivity index is 1.57. The molecule has 0 aromatic carbocycles. The van der Waals surface area contributed by atoms with Crippen molar-refractivity contribution in [2.45, 2.75) is 18.8 Å². The molecule has 4 rings (SSSR count). The highest BCUT2D eigenvalue weighted by Crippen LogP contribution is 2.38. The lowest BCUT2D eigenvalue weighted by Gasteiger charge is -2.04. The van der Waals surface area contributed by atoms with Gasteiger partial charge >= 0.3 is 0 Å². The highest BCUT2D eigenvalue weighted by Gasteiger charge is 2.26. The molecule has 116 valence electrons. The molecular weight excluding hydrogens is 335 g/mol. The molecule has 0 amide bonds. The molecule has 23 heavy (non-hydrogen) atoms. The van der Waals surface area contributed by atoms with Crippen molar-refractivity contribution in [2.24, 2.45) is 0 Å². The minimum atomic E-state index is 0.435. The van der Waals surface area contributed by atoms with Gasteiger partial charge in [0.15, 0.2) is 5.82 Å². The molecule has 3 aromatic heterocycles. The van der Waals surface area contributed by atoms with Crippen LogP contribution in [0.4, 0.5) is 11.5 Å². The first-order valence-corrected chi connectivity index (χ1v) is 7.91. The molecule has 1 N–H and O–H groups in total. The molecule has 1 saturated carbocycles. The molecule has 0 aliphatic heterocycles. The quantitative estimate of drug-likeness (QED) is 0.773. The molecule has 6 nitrogen and oxygen atoms in total. The third-order valence-corrected chi connectivity index (χ3v) is 3.96. The number of aromatic nitrogens is 5. The average molecular weight is 347 g/mol. The monoisotopic (exact) mass is 346 g/mol. The molecule has 0 unspecified atom stereocenters. The number of hydrogen-bond donors (Lipinski definition) is 1. The van der Waals surface area contributed by atoms with Gasteiger partial charge in [-0.2, -0.15) is 5.10 Å². The van der Waals surface area contributed by atoms with Crippen molar-refractivity contribution >= 4 is 34.7 Å². The van der Waals surface area contributed by atoms with Crippen molar-refractivity contribution < 1.29 is 0 Å². The molecular formula is C15H12Cl2N6. The molecule has 0 saturated heterocycles. The van der Waals surface area contributed by atoms with E-state index in [-0.39, 0.29) is 0 Å². The molecule has 3 aromatic rings. The van der Waals surface area contributed by atoms with Gasteiger partial charge in [-0.1, -0.05) is 23.2 Å². The Kier molecular flexibility index (Phi) is 3.63. The van der Waals surface area contributed by atoms with E-state index >= 15 is 0 Å². The third-order valence-electron chi connectivity index (χ3n) is 3.48. The van der Waals surface area contributed by atoms with Crippen molar-refractivity contribution in [3.8, 4) is 5.82 Å². The minimum absolute atomic E-state index is 0.435. The lowest BCUT2D eigenvalue weighted by atomic mass is 10.4. The maximum Gasteiger partial charge on any atom is 0.172 e. The SMILES string of the molecule is Clc1cnc(-n2cc(Nc3ccnc(C4CC4)n3)cn2)c(Cl)c1. The zero-order chi connectivity index (χ0) is 15.8. The van der Waals surface area contributed by atoms with Crippen LogP contribution in [0.1, 0.15) is 24.6 Å². The summed E-state index contributed by atoms with van der Waals surface area (Å²) in [5.74, 6) is 2.67. The highest BCUT2D eigenvalue weighted by atomic mass is 35.5. The smallest absolute Gasteiger partial charge is 0.172 e. The van der Waals surface area contributed by atoms with E-state index < -0.39 is 0 Å². The Hall–Kier alpha value is -2.18. The highest BCUT2D eigenvalue weighted by molar-refractivity contribution is 6.35. The van der Waals surface area contributed by atoms with E-state index in [0.29, 0.717) is 21.8 Å². The first-order valence-electron chi connectivity index (χ1n) is 7.15. The zero-order valence-corrected chi connectivity index (χ0v) is 13.5. The van der Waals surface area contributed by atoms with Crippen LogP contribution in [0, 0.1) is 0 Å². The molecule has 0 spiro atoms. The van der Waals surface area contributed by atoms with Crippen LogP contribution in [-0.2, 0) is 0 Å². The summed E-state index contributed by atoms with van der Waals surface area (Å²) in [6.45, 7) is 0. The number of nitrogens with zero attached hydrogens (tertiary/aromatic N) is 5. The van der Waals surface area contributed by atoms with Crippen molar-refractivity contribution in [1.82, 2.24) is 24.7 Å². The second-order valence-corrected chi connectivity index (χ2v) is 6.18. The van der Waals surface area contributed by atoms with E-state index in [1.54, 1.807) is 29.3 Å². The van der Waals surface area contributed by atoms with Gasteiger partial charge in [-0.05, 0) is 25.0 Å². The Morgan fingerprint density at radius 2 is 2.04 bits per heavy atom. The number of pyridine rings is 1. The van der Waals surface area contributed by atoms with E-state index in [1.165, 1.54) is 19.0 Å². The van der Waals surface area contributed by atoms with Crippen molar-refractivity contribution in [3.05, 3.63) is 52.8 Å². The molecule has 0 bridgehead atoms. The van der Waals surface area contributed by atoms with Crippen LogP contribution in [0.3, 0.4) is 0 Å². The topological polar surface area (TPSA) is 68.5 Å². The Morgan fingerprint density at radius 3 is 2.83 bits per heavy atom. The second-order valence-electron chi connectivity index (χ2n) is 5.33. The van der Waals surface area contributed by atoms with Gasteiger partial charge < -0.3 is 5.32 Å². The maximum atomic E-state index is 6.15. The van der Waals surface area contributed by atoms with Crippen LogP contribution >= 0.6 is 23.2 Å². The lowest BCUT2D eigenvalue weighted by Crippen LogP contribution is -1.99. The van der Waals surface area contributed by atoms with Gasteiger partial charge in [0.05, 0.1) is 28.1 Å². The zero-order valence-electron chi connectivity index (χ0n) is 11.9. The second kappa shape index (κ2) is 5.79. The first kappa shape index (κ1) is 14.4. The van der Waals surface area contributed by atoms with Crippen LogP contribution in [0.15, 0.2) is 36.9 Å². The van der Waals surface area contributed by atoms with Crippen LogP contribution in [0.5, 0.6) is 0 Å². The van der Waals surface area contributed by atoms with Gasteiger partial charge in [-0.15, -0.1) is 0 Å². The summed E-state index contributed by atoms with van der Waals surface area (Å²) in [5, 5.41) is 8.40. The van der Waals surface area contributed by atoms with E-state index in [4.69, 9.17) is 23.2 Å². The summed E-state index contributed by atoms with van der Waals surface area (Å²) < 4.78 is 1.59. The maximum absolute atomic E-state index is 6.15. The van der Waals surface area contributed by atoms with Crippen molar-refractivity contribution in [3.63, 3.8) is 0 Å². The standard InChI is InChI=1S/C15H12Cl2N6/c16-10-5-12(17)15(19-6-10)23-8-11(7-20-23)21-13-3-4-18-14(22-13)9-1-2-9/h3-9H,1-2H2,(H,18,21,22). The molecule has 3 heterocycles. The molecule has 1 aliphatic rings. The summed E-state index contributed by atoms with van der Waals surface area (Å²) >= 11 is 12.0.